The van der Waals surface area contributed by atoms with Gasteiger partial charge in [-0.2, -0.15) is 0 Å². The van der Waals surface area contributed by atoms with Gasteiger partial charge in [0.15, 0.2) is 0 Å². The lowest BCUT2D eigenvalue weighted by Gasteiger charge is -2.28. The Hall–Kier alpha value is -0.720. The van der Waals surface area contributed by atoms with E-state index in [1.54, 1.807) is 0 Å². The first-order valence-corrected chi connectivity index (χ1v) is 4.70. The molecule has 0 saturated heterocycles. The van der Waals surface area contributed by atoms with Crippen LogP contribution in [0.2, 0.25) is 0 Å². The minimum atomic E-state index is 0.614. The average Bonchev–Trinajstić information content (AvgIpc) is 2.04. The first-order valence-electron chi connectivity index (χ1n) is 4.70. The lowest BCUT2D eigenvalue weighted by molar-refractivity contribution is 0.331. The molecule has 1 rings (SSSR count). The fraction of sp³-hybridized carbons (Fsp3) is 0.636. The molecule has 0 aromatic carbocycles. The number of hydrogen-bond acceptors (Lipinski definition) is 1. The van der Waals surface area contributed by atoms with Gasteiger partial charge < -0.3 is 4.90 Å². The van der Waals surface area contributed by atoms with Gasteiger partial charge in [-0.1, -0.05) is 11.6 Å². The van der Waals surface area contributed by atoms with Crippen LogP contribution in [0.25, 0.3) is 0 Å². The maximum absolute atomic E-state index is 2.35. The fourth-order valence-electron chi connectivity index (χ4n) is 1.36. The number of hydrogen-bond donors (Lipinski definition) is 0. The lowest BCUT2D eigenvalue weighted by Crippen LogP contribution is -2.26. The summed E-state index contributed by atoms with van der Waals surface area (Å²) in [5.74, 6) is 0. The number of nitrogens with zero attached hydrogens (tertiary/aromatic N) is 1. The molecule has 0 aromatic rings. The minimum absolute atomic E-state index is 0.614. The van der Waals surface area contributed by atoms with Crippen molar-refractivity contribution in [2.75, 3.05) is 7.05 Å². The first kappa shape index (κ1) is 9.37. The van der Waals surface area contributed by atoms with Gasteiger partial charge in [-0.15, -0.1) is 0 Å². The summed E-state index contributed by atoms with van der Waals surface area (Å²) in [5.41, 5.74) is 2.96. The average molecular weight is 165 g/mol. The van der Waals surface area contributed by atoms with E-state index in [2.05, 4.69) is 44.9 Å². The maximum atomic E-state index is 2.35. The summed E-state index contributed by atoms with van der Waals surface area (Å²) in [4.78, 5) is 2.35. The van der Waals surface area contributed by atoms with Crippen molar-refractivity contribution < 1.29 is 0 Å². The molecule has 1 aliphatic rings. The predicted molar refractivity (Wildman–Crippen MR) is 54.0 cm³/mol. The van der Waals surface area contributed by atoms with E-state index >= 15 is 0 Å². The Morgan fingerprint density at radius 2 is 1.92 bits per heavy atom. The highest BCUT2D eigenvalue weighted by atomic mass is 15.1. The molecule has 0 heterocycles. The van der Waals surface area contributed by atoms with Crippen LogP contribution in [0, 0.1) is 0 Å². The Morgan fingerprint density at radius 3 is 2.33 bits per heavy atom. The Balaban J connectivity index is 2.65. The Labute approximate surface area is 75.8 Å². The van der Waals surface area contributed by atoms with Crippen LogP contribution in [0.3, 0.4) is 0 Å². The Bertz CT molecular complexity index is 211. The van der Waals surface area contributed by atoms with Crippen molar-refractivity contribution in [3.63, 3.8) is 0 Å². The van der Waals surface area contributed by atoms with E-state index in [9.17, 15) is 0 Å². The van der Waals surface area contributed by atoms with E-state index in [0.29, 0.717) is 6.04 Å². The van der Waals surface area contributed by atoms with Gasteiger partial charge in [-0.3, -0.25) is 0 Å². The number of rotatable bonds is 2. The molecular weight excluding hydrogens is 146 g/mol. The van der Waals surface area contributed by atoms with Gasteiger partial charge in [0.1, 0.15) is 0 Å². The third-order valence-corrected chi connectivity index (χ3v) is 2.56. The van der Waals surface area contributed by atoms with Crippen molar-refractivity contribution in [3.05, 3.63) is 23.4 Å². The van der Waals surface area contributed by atoms with E-state index < -0.39 is 0 Å². The van der Waals surface area contributed by atoms with Gasteiger partial charge in [-0.25, -0.2) is 0 Å². The van der Waals surface area contributed by atoms with Gasteiger partial charge >= 0.3 is 0 Å². The molecule has 0 spiro atoms. The zero-order valence-corrected chi connectivity index (χ0v) is 8.59. The van der Waals surface area contributed by atoms with Crippen molar-refractivity contribution in [1.29, 1.82) is 0 Å². The summed E-state index contributed by atoms with van der Waals surface area (Å²) < 4.78 is 0. The van der Waals surface area contributed by atoms with Crippen LogP contribution in [0.1, 0.15) is 33.6 Å². The molecule has 0 fully saturated rings. The van der Waals surface area contributed by atoms with Crippen molar-refractivity contribution >= 4 is 0 Å². The van der Waals surface area contributed by atoms with Gasteiger partial charge in [0.25, 0.3) is 0 Å². The van der Waals surface area contributed by atoms with Gasteiger partial charge in [0, 0.05) is 18.8 Å². The van der Waals surface area contributed by atoms with Crippen molar-refractivity contribution in [2.24, 2.45) is 0 Å². The largest absolute Gasteiger partial charge is 0.375 e. The highest BCUT2D eigenvalue weighted by Gasteiger charge is 2.09. The van der Waals surface area contributed by atoms with Crippen LogP contribution in [0.15, 0.2) is 23.4 Å². The topological polar surface area (TPSA) is 3.24 Å². The van der Waals surface area contributed by atoms with Crippen LogP contribution in [0.4, 0.5) is 0 Å². The Kier molecular flexibility index (Phi) is 2.96. The molecule has 0 aliphatic heterocycles. The van der Waals surface area contributed by atoms with E-state index in [1.807, 2.05) is 0 Å². The second-order valence-corrected chi connectivity index (χ2v) is 3.88. The molecule has 1 aliphatic carbocycles. The molecule has 1 heteroatoms. The van der Waals surface area contributed by atoms with Crippen molar-refractivity contribution in [3.8, 4) is 0 Å². The SMILES string of the molecule is CC1=CC=C(N(C)C(C)C)CC1. The van der Waals surface area contributed by atoms with Crippen LogP contribution in [-0.4, -0.2) is 18.0 Å². The van der Waals surface area contributed by atoms with Crippen molar-refractivity contribution in [1.82, 2.24) is 4.90 Å². The van der Waals surface area contributed by atoms with E-state index in [4.69, 9.17) is 0 Å². The summed E-state index contributed by atoms with van der Waals surface area (Å²) in [7, 11) is 2.17. The van der Waals surface area contributed by atoms with Crippen LogP contribution in [0.5, 0.6) is 0 Å². The van der Waals surface area contributed by atoms with Crippen molar-refractivity contribution in [2.45, 2.75) is 39.7 Å². The number of allylic oxidation sites excluding steroid dienone is 4. The molecule has 0 atom stereocenters. The second kappa shape index (κ2) is 3.79. The molecule has 0 N–H and O–H groups in total. The quantitative estimate of drug-likeness (QED) is 0.608. The summed E-state index contributed by atoms with van der Waals surface area (Å²) in [5, 5.41) is 0. The molecule has 12 heavy (non-hydrogen) atoms. The molecular formula is C11H19N. The summed E-state index contributed by atoms with van der Waals surface area (Å²) in [6.07, 6.45) is 6.91. The summed E-state index contributed by atoms with van der Waals surface area (Å²) in [6.45, 7) is 6.65. The molecule has 0 saturated carbocycles. The first-order chi connectivity index (χ1) is 5.61. The smallest absolute Gasteiger partial charge is 0.0227 e. The summed E-state index contributed by atoms with van der Waals surface area (Å²) in [6, 6.07) is 0.614. The van der Waals surface area contributed by atoms with Gasteiger partial charge in [0.2, 0.25) is 0 Å². The van der Waals surface area contributed by atoms with Crippen LogP contribution >= 0.6 is 0 Å². The highest BCUT2D eigenvalue weighted by Crippen LogP contribution is 2.20. The van der Waals surface area contributed by atoms with Gasteiger partial charge in [0.05, 0.1) is 0 Å². The minimum Gasteiger partial charge on any atom is -0.375 e. The molecule has 0 amide bonds. The molecule has 0 unspecified atom stereocenters. The monoisotopic (exact) mass is 165 g/mol. The second-order valence-electron chi connectivity index (χ2n) is 3.88. The lowest BCUT2D eigenvalue weighted by atomic mass is 10.0. The van der Waals surface area contributed by atoms with E-state index in [0.717, 1.165) is 0 Å². The molecule has 0 aromatic heterocycles. The molecule has 68 valence electrons. The molecule has 0 radical (unpaired) electrons. The molecule has 0 bridgehead atoms. The zero-order valence-electron chi connectivity index (χ0n) is 8.59. The standard InChI is InChI=1S/C11H19N/c1-9(2)12(4)11-7-5-10(3)6-8-11/h5,7,9H,6,8H2,1-4H3. The van der Waals surface area contributed by atoms with E-state index in [-0.39, 0.29) is 0 Å². The Morgan fingerprint density at radius 1 is 1.25 bits per heavy atom. The highest BCUT2D eigenvalue weighted by molar-refractivity contribution is 5.22. The maximum Gasteiger partial charge on any atom is 0.0227 e. The predicted octanol–water partition coefficient (Wildman–Crippen LogP) is 2.95. The fourth-order valence-corrected chi connectivity index (χ4v) is 1.36. The van der Waals surface area contributed by atoms with Gasteiger partial charge in [-0.05, 0) is 39.7 Å². The van der Waals surface area contributed by atoms with Crippen LogP contribution in [-0.2, 0) is 0 Å². The summed E-state index contributed by atoms with van der Waals surface area (Å²) >= 11 is 0. The van der Waals surface area contributed by atoms with Crippen LogP contribution < -0.4 is 0 Å². The van der Waals surface area contributed by atoms with E-state index in [1.165, 1.54) is 24.1 Å². The zero-order chi connectivity index (χ0) is 9.14. The normalized spacial score (nSPS) is 17.4. The third kappa shape index (κ3) is 2.13. The molecule has 1 nitrogen and oxygen atoms in total. The third-order valence-electron chi connectivity index (χ3n) is 2.56.